The maximum Gasteiger partial charge on any atom is 0.279 e. The number of nitrogens with one attached hydrogen (secondary N) is 1. The summed E-state index contributed by atoms with van der Waals surface area (Å²) in [4.78, 5) is 14.3. The van der Waals surface area contributed by atoms with Crippen LogP contribution in [0.4, 0.5) is 5.69 Å². The van der Waals surface area contributed by atoms with E-state index in [9.17, 15) is 10.1 Å². The van der Waals surface area contributed by atoms with Crippen LogP contribution < -0.4 is 10.5 Å². The molecule has 0 fully saturated rings. The molecule has 1 aromatic heterocycles. The van der Waals surface area contributed by atoms with Crippen molar-refractivity contribution in [2.75, 3.05) is 6.61 Å². The highest BCUT2D eigenvalue weighted by Gasteiger charge is 2.14. The molecule has 0 saturated heterocycles. The number of non-ortho nitro benzene ring substituents is 1. The van der Waals surface area contributed by atoms with E-state index in [1.54, 1.807) is 6.07 Å². The number of pyridine rings is 1. The Hall–Kier alpha value is -2.70. The van der Waals surface area contributed by atoms with Crippen molar-refractivity contribution in [3.63, 3.8) is 0 Å². The van der Waals surface area contributed by atoms with Gasteiger partial charge in [0.05, 0.1) is 10.3 Å². The average molecular weight is 246 g/mol. The lowest BCUT2D eigenvalue weighted by atomic mass is 10.1. The fourth-order valence-electron chi connectivity index (χ4n) is 1.59. The van der Waals surface area contributed by atoms with Gasteiger partial charge in [-0.05, 0) is 12.1 Å². The van der Waals surface area contributed by atoms with Crippen molar-refractivity contribution in [1.29, 1.82) is 5.41 Å². The number of nitro groups is 1. The summed E-state index contributed by atoms with van der Waals surface area (Å²) < 4.78 is 5.32. The minimum absolute atomic E-state index is 0.0340. The first-order chi connectivity index (χ1) is 8.59. The first-order valence-electron chi connectivity index (χ1n) is 5.06. The molecule has 0 amide bonds. The third kappa shape index (κ3) is 2.19. The SMILES string of the molecule is N=C(N)COc1ccc([N+](=O)[O-])c2cnccc12. The second kappa shape index (κ2) is 4.66. The van der Waals surface area contributed by atoms with Crippen LogP contribution in [0.1, 0.15) is 0 Å². The Bertz CT molecular complexity index is 627. The van der Waals surface area contributed by atoms with Crippen molar-refractivity contribution in [3.05, 3.63) is 40.7 Å². The Morgan fingerprint density at radius 1 is 1.44 bits per heavy atom. The van der Waals surface area contributed by atoms with E-state index >= 15 is 0 Å². The third-order valence-electron chi connectivity index (χ3n) is 2.33. The molecule has 0 radical (unpaired) electrons. The Labute approximate surface area is 102 Å². The van der Waals surface area contributed by atoms with Crippen LogP contribution in [0.25, 0.3) is 10.8 Å². The van der Waals surface area contributed by atoms with Crippen LogP contribution >= 0.6 is 0 Å². The summed E-state index contributed by atoms with van der Waals surface area (Å²) in [7, 11) is 0. The topological polar surface area (TPSA) is 115 Å². The van der Waals surface area contributed by atoms with Crippen LogP contribution in [0.5, 0.6) is 5.75 Å². The van der Waals surface area contributed by atoms with Crippen molar-refractivity contribution in [3.8, 4) is 5.75 Å². The van der Waals surface area contributed by atoms with Crippen molar-refractivity contribution in [2.45, 2.75) is 0 Å². The highest BCUT2D eigenvalue weighted by atomic mass is 16.6. The van der Waals surface area contributed by atoms with Crippen molar-refractivity contribution < 1.29 is 9.66 Å². The first kappa shape index (κ1) is 11.8. The molecule has 92 valence electrons. The Kier molecular flexibility index (Phi) is 3.05. The predicted molar refractivity (Wildman–Crippen MR) is 65.8 cm³/mol. The molecule has 0 aliphatic heterocycles. The highest BCUT2D eigenvalue weighted by Crippen LogP contribution is 2.31. The lowest BCUT2D eigenvalue weighted by molar-refractivity contribution is -0.383. The number of nitro benzene ring substituents is 1. The molecule has 1 heterocycles. The zero-order valence-corrected chi connectivity index (χ0v) is 9.29. The van der Waals surface area contributed by atoms with E-state index in [0.29, 0.717) is 16.5 Å². The molecule has 0 bridgehead atoms. The van der Waals surface area contributed by atoms with Gasteiger partial charge in [-0.2, -0.15) is 0 Å². The van der Waals surface area contributed by atoms with Crippen LogP contribution in [0.2, 0.25) is 0 Å². The number of rotatable bonds is 4. The average Bonchev–Trinajstić information content (AvgIpc) is 2.35. The van der Waals surface area contributed by atoms with E-state index in [1.807, 2.05) is 0 Å². The Morgan fingerprint density at radius 2 is 2.22 bits per heavy atom. The summed E-state index contributed by atoms with van der Waals surface area (Å²) in [6.45, 7) is -0.0603. The molecule has 7 heteroatoms. The Morgan fingerprint density at radius 3 is 2.89 bits per heavy atom. The van der Waals surface area contributed by atoms with Gasteiger partial charge in [-0.25, -0.2) is 0 Å². The number of fused-ring (bicyclic) bond motifs is 1. The van der Waals surface area contributed by atoms with Crippen LogP contribution in [-0.4, -0.2) is 22.3 Å². The number of amidine groups is 1. The van der Waals surface area contributed by atoms with Gasteiger partial charge in [-0.15, -0.1) is 0 Å². The molecule has 0 aliphatic carbocycles. The summed E-state index contributed by atoms with van der Waals surface area (Å²) in [6, 6.07) is 4.46. The van der Waals surface area contributed by atoms with Crippen LogP contribution in [-0.2, 0) is 0 Å². The van der Waals surface area contributed by atoms with Gasteiger partial charge in [0.2, 0.25) is 0 Å². The van der Waals surface area contributed by atoms with Gasteiger partial charge in [-0.1, -0.05) is 0 Å². The molecule has 2 aromatic rings. The van der Waals surface area contributed by atoms with E-state index in [4.69, 9.17) is 15.9 Å². The van der Waals surface area contributed by atoms with Crippen molar-refractivity contribution >= 4 is 22.3 Å². The van der Waals surface area contributed by atoms with Gasteiger partial charge in [0.1, 0.15) is 18.2 Å². The monoisotopic (exact) mass is 246 g/mol. The highest BCUT2D eigenvalue weighted by molar-refractivity contribution is 5.94. The molecule has 3 N–H and O–H groups in total. The molecule has 0 aliphatic rings. The second-order valence-corrected chi connectivity index (χ2v) is 3.58. The van der Waals surface area contributed by atoms with Crippen LogP contribution in [0.3, 0.4) is 0 Å². The second-order valence-electron chi connectivity index (χ2n) is 3.58. The molecule has 18 heavy (non-hydrogen) atoms. The molecule has 0 atom stereocenters. The molecule has 1 aromatic carbocycles. The van der Waals surface area contributed by atoms with Crippen molar-refractivity contribution in [2.24, 2.45) is 5.73 Å². The zero-order valence-electron chi connectivity index (χ0n) is 9.29. The van der Waals surface area contributed by atoms with Gasteiger partial charge in [0.15, 0.2) is 0 Å². The molecule has 7 nitrogen and oxygen atoms in total. The lowest BCUT2D eigenvalue weighted by Gasteiger charge is -2.08. The number of aromatic nitrogens is 1. The van der Waals surface area contributed by atoms with Gasteiger partial charge >= 0.3 is 0 Å². The normalized spacial score (nSPS) is 10.2. The quantitative estimate of drug-likeness (QED) is 0.366. The number of ether oxygens (including phenoxy) is 1. The zero-order chi connectivity index (χ0) is 13.1. The van der Waals surface area contributed by atoms with Gasteiger partial charge < -0.3 is 10.5 Å². The molecule has 0 saturated carbocycles. The predicted octanol–water partition coefficient (Wildman–Crippen LogP) is 1.46. The minimum atomic E-state index is -0.473. The van der Waals surface area contributed by atoms with E-state index in [0.717, 1.165) is 0 Å². The smallest absolute Gasteiger partial charge is 0.279 e. The van der Waals surface area contributed by atoms with Gasteiger partial charge in [0.25, 0.3) is 5.69 Å². The minimum Gasteiger partial charge on any atom is -0.485 e. The fourth-order valence-corrected chi connectivity index (χ4v) is 1.59. The summed E-state index contributed by atoms with van der Waals surface area (Å²) in [5, 5.41) is 18.9. The maximum atomic E-state index is 10.9. The van der Waals surface area contributed by atoms with Crippen molar-refractivity contribution in [1.82, 2.24) is 4.98 Å². The molecular formula is C11H10N4O3. The lowest BCUT2D eigenvalue weighted by Crippen LogP contribution is -2.19. The van der Waals surface area contributed by atoms with E-state index in [2.05, 4.69) is 4.98 Å². The van der Waals surface area contributed by atoms with Crippen LogP contribution in [0, 0.1) is 15.5 Å². The number of hydrogen-bond donors (Lipinski definition) is 2. The largest absolute Gasteiger partial charge is 0.485 e. The van der Waals surface area contributed by atoms with E-state index in [1.165, 1.54) is 24.5 Å². The summed E-state index contributed by atoms with van der Waals surface area (Å²) >= 11 is 0. The van der Waals surface area contributed by atoms with Crippen LogP contribution in [0.15, 0.2) is 30.6 Å². The first-order valence-corrected chi connectivity index (χ1v) is 5.06. The fraction of sp³-hybridized carbons (Fsp3) is 0.0909. The number of nitrogens with zero attached hydrogens (tertiary/aromatic N) is 2. The molecular weight excluding hydrogens is 236 g/mol. The summed E-state index contributed by atoms with van der Waals surface area (Å²) in [5.74, 6) is 0.323. The Balaban J connectivity index is 2.53. The number of benzene rings is 1. The maximum absolute atomic E-state index is 10.9. The number of hydrogen-bond acceptors (Lipinski definition) is 5. The number of nitrogens with two attached hydrogens (primary N) is 1. The van der Waals surface area contributed by atoms with Gasteiger partial charge in [-0.3, -0.25) is 20.5 Å². The molecule has 2 rings (SSSR count). The summed E-state index contributed by atoms with van der Waals surface area (Å²) in [6.07, 6.45) is 2.93. The summed E-state index contributed by atoms with van der Waals surface area (Å²) in [5.41, 5.74) is 5.17. The van der Waals surface area contributed by atoms with E-state index in [-0.39, 0.29) is 18.1 Å². The van der Waals surface area contributed by atoms with Gasteiger partial charge in [0, 0.05) is 23.8 Å². The third-order valence-corrected chi connectivity index (χ3v) is 2.33. The standard InChI is InChI=1S/C11H10N4O3/c12-11(13)6-18-10-2-1-9(15(16)17)8-5-14-4-3-7(8)10/h1-5H,6H2,(H3,12,13). The van der Waals surface area contributed by atoms with E-state index < -0.39 is 4.92 Å². The molecule has 0 spiro atoms. The molecule has 0 unspecified atom stereocenters.